The lowest BCUT2D eigenvalue weighted by Gasteiger charge is -2.33. The molecule has 1 atom stereocenters. The summed E-state index contributed by atoms with van der Waals surface area (Å²) in [6.07, 6.45) is 2.11. The van der Waals surface area contributed by atoms with Crippen LogP contribution in [-0.4, -0.2) is 68.3 Å². The fourth-order valence-corrected chi connectivity index (χ4v) is 7.36. The molecule has 1 fully saturated rings. The second-order valence-corrected chi connectivity index (χ2v) is 12.0. The molecule has 0 unspecified atom stereocenters. The number of benzene rings is 1. The fourth-order valence-electron chi connectivity index (χ4n) is 4.53. The van der Waals surface area contributed by atoms with Crippen LogP contribution in [0.5, 0.6) is 0 Å². The zero-order chi connectivity index (χ0) is 26.0. The van der Waals surface area contributed by atoms with Gasteiger partial charge in [-0.2, -0.15) is 4.31 Å². The van der Waals surface area contributed by atoms with Gasteiger partial charge >= 0.3 is 6.09 Å². The van der Waals surface area contributed by atoms with E-state index in [-0.39, 0.29) is 43.2 Å². The molecule has 1 aromatic carbocycles. The van der Waals surface area contributed by atoms with Crippen molar-refractivity contribution in [2.75, 3.05) is 38.1 Å². The predicted molar refractivity (Wildman–Crippen MR) is 136 cm³/mol. The number of ether oxygens (including phenoxy) is 1. The van der Waals surface area contributed by atoms with Crippen LogP contribution in [0, 0.1) is 5.92 Å². The largest absolute Gasteiger partial charge is 0.450 e. The molecule has 3 amide bonds. The first-order valence-corrected chi connectivity index (χ1v) is 14.1. The number of anilines is 1. The first kappa shape index (κ1) is 26.1. The highest BCUT2D eigenvalue weighted by molar-refractivity contribution is 7.89. The Hall–Kier alpha value is -2.96. The Labute approximate surface area is 214 Å². The van der Waals surface area contributed by atoms with Crippen molar-refractivity contribution in [2.24, 2.45) is 11.7 Å². The Kier molecular flexibility index (Phi) is 7.67. The highest BCUT2D eigenvalue weighted by Crippen LogP contribution is 2.39. The lowest BCUT2D eigenvalue weighted by Crippen LogP contribution is -2.50. The van der Waals surface area contributed by atoms with E-state index in [2.05, 4.69) is 12.2 Å². The van der Waals surface area contributed by atoms with Gasteiger partial charge in [0.2, 0.25) is 10.0 Å². The molecule has 2 heterocycles. The summed E-state index contributed by atoms with van der Waals surface area (Å²) in [4.78, 5) is 39.5. The minimum atomic E-state index is -3.79. The second kappa shape index (κ2) is 10.6. The van der Waals surface area contributed by atoms with Gasteiger partial charge in [0.25, 0.3) is 11.8 Å². The number of nitrogens with zero attached hydrogens (tertiary/aromatic N) is 2. The van der Waals surface area contributed by atoms with Crippen molar-refractivity contribution >= 4 is 44.3 Å². The summed E-state index contributed by atoms with van der Waals surface area (Å²) < 4.78 is 32.4. The molecule has 2 aromatic rings. The van der Waals surface area contributed by atoms with Crippen LogP contribution in [0.1, 0.15) is 51.4 Å². The molecule has 1 aliphatic heterocycles. The molecule has 1 saturated heterocycles. The average Bonchev–Trinajstić information content (AvgIpc) is 3.21. The summed E-state index contributed by atoms with van der Waals surface area (Å²) in [5.74, 6) is -0.513. The number of carbonyl (C=O) groups excluding carboxylic acids is 3. The number of amides is 3. The van der Waals surface area contributed by atoms with Crippen molar-refractivity contribution in [2.45, 2.75) is 38.0 Å². The Morgan fingerprint density at radius 1 is 1.14 bits per heavy atom. The van der Waals surface area contributed by atoms with Gasteiger partial charge in [0.15, 0.2) is 0 Å². The number of piperazine rings is 1. The average molecular weight is 535 g/mol. The van der Waals surface area contributed by atoms with Gasteiger partial charge in [-0.1, -0.05) is 6.92 Å². The summed E-state index contributed by atoms with van der Waals surface area (Å²) in [6.45, 7) is 4.92. The van der Waals surface area contributed by atoms with E-state index in [0.29, 0.717) is 16.5 Å². The molecule has 2 aliphatic rings. The number of carbonyl (C=O) groups is 3. The summed E-state index contributed by atoms with van der Waals surface area (Å²) >= 11 is 1.38. The summed E-state index contributed by atoms with van der Waals surface area (Å²) in [6, 6.07) is 5.66. The maximum atomic E-state index is 13.1. The second-order valence-electron chi connectivity index (χ2n) is 8.99. The van der Waals surface area contributed by atoms with Crippen LogP contribution in [0.4, 0.5) is 9.80 Å². The van der Waals surface area contributed by atoms with Gasteiger partial charge in [-0.3, -0.25) is 9.59 Å². The number of nitrogens with one attached hydrogen (secondary N) is 1. The topological polar surface area (TPSA) is 139 Å². The normalized spacial score (nSPS) is 18.4. The molecule has 0 saturated carbocycles. The number of sulfonamides is 1. The molecule has 10 nitrogen and oxygen atoms in total. The van der Waals surface area contributed by atoms with E-state index in [9.17, 15) is 22.8 Å². The smallest absolute Gasteiger partial charge is 0.409 e. The Bertz CT molecular complexity index is 1260. The van der Waals surface area contributed by atoms with Crippen LogP contribution in [0.3, 0.4) is 0 Å². The molecular formula is C24H30N4O6S2. The number of primary amides is 1. The van der Waals surface area contributed by atoms with E-state index in [1.165, 1.54) is 44.8 Å². The van der Waals surface area contributed by atoms with Gasteiger partial charge in [0, 0.05) is 36.6 Å². The molecule has 12 heteroatoms. The van der Waals surface area contributed by atoms with Gasteiger partial charge < -0.3 is 20.7 Å². The summed E-state index contributed by atoms with van der Waals surface area (Å²) in [5, 5.41) is 3.23. The third-order valence-electron chi connectivity index (χ3n) is 6.50. The molecule has 1 aromatic heterocycles. The van der Waals surface area contributed by atoms with Crippen LogP contribution >= 0.6 is 11.3 Å². The third-order valence-corrected chi connectivity index (χ3v) is 9.59. The molecule has 3 N–H and O–H groups in total. The number of hydrogen-bond donors (Lipinski definition) is 2. The Morgan fingerprint density at radius 2 is 1.81 bits per heavy atom. The minimum Gasteiger partial charge on any atom is -0.450 e. The minimum absolute atomic E-state index is 0.0574. The van der Waals surface area contributed by atoms with Gasteiger partial charge in [-0.15, -0.1) is 11.3 Å². The monoisotopic (exact) mass is 534 g/mol. The quantitative estimate of drug-likeness (QED) is 0.584. The van der Waals surface area contributed by atoms with Crippen LogP contribution in [0.25, 0.3) is 0 Å². The van der Waals surface area contributed by atoms with Gasteiger partial charge in [-0.25, -0.2) is 13.2 Å². The van der Waals surface area contributed by atoms with Crippen LogP contribution in [-0.2, 0) is 27.6 Å². The fraction of sp³-hybridized carbons (Fsp3) is 0.458. The van der Waals surface area contributed by atoms with E-state index >= 15 is 0 Å². The molecule has 36 heavy (non-hydrogen) atoms. The first-order chi connectivity index (χ1) is 17.1. The number of thiophene rings is 1. The highest BCUT2D eigenvalue weighted by Gasteiger charge is 2.31. The van der Waals surface area contributed by atoms with Gasteiger partial charge in [0.05, 0.1) is 17.1 Å². The lowest BCUT2D eigenvalue weighted by atomic mass is 9.88. The van der Waals surface area contributed by atoms with E-state index < -0.39 is 27.9 Å². The van der Waals surface area contributed by atoms with E-state index in [1.807, 2.05) is 0 Å². The van der Waals surface area contributed by atoms with Crippen molar-refractivity contribution in [3.05, 3.63) is 45.8 Å². The summed E-state index contributed by atoms with van der Waals surface area (Å²) in [5.41, 5.74) is 7.18. The SMILES string of the molecule is CCOC(=O)N1CCN(S(=O)(=O)c2ccc(C(=O)Nc3sc4c(c3C(N)=O)CC[C@H](C)C4)cc2)CC1. The maximum absolute atomic E-state index is 13.1. The lowest BCUT2D eigenvalue weighted by molar-refractivity contribution is 0.0933. The Morgan fingerprint density at radius 3 is 2.42 bits per heavy atom. The van der Waals surface area contributed by atoms with Crippen LogP contribution in [0.15, 0.2) is 29.2 Å². The van der Waals surface area contributed by atoms with Crippen molar-refractivity contribution < 1.29 is 27.5 Å². The number of hydrogen-bond acceptors (Lipinski definition) is 7. The number of nitrogens with two attached hydrogens (primary N) is 1. The summed E-state index contributed by atoms with van der Waals surface area (Å²) in [7, 11) is -3.79. The van der Waals surface area contributed by atoms with Crippen molar-refractivity contribution in [1.82, 2.24) is 9.21 Å². The van der Waals surface area contributed by atoms with Gasteiger partial charge in [0.1, 0.15) is 5.00 Å². The zero-order valence-corrected chi connectivity index (χ0v) is 21.9. The van der Waals surface area contributed by atoms with Crippen molar-refractivity contribution in [1.29, 1.82) is 0 Å². The van der Waals surface area contributed by atoms with Crippen LogP contribution in [0.2, 0.25) is 0 Å². The van der Waals surface area contributed by atoms with E-state index in [0.717, 1.165) is 29.7 Å². The molecule has 4 rings (SSSR count). The maximum Gasteiger partial charge on any atom is 0.409 e. The molecule has 0 radical (unpaired) electrons. The standard InChI is InChI=1S/C24H30N4O6S2/c1-3-34-24(31)27-10-12-28(13-11-27)36(32,33)17-7-5-16(6-8-17)22(30)26-23-20(21(25)29)18-9-4-15(2)14-19(18)35-23/h5-8,15H,3-4,9-14H2,1-2H3,(H2,25,29)(H,26,30)/t15-/m0/s1. The zero-order valence-electron chi connectivity index (χ0n) is 20.3. The van der Waals surface area contributed by atoms with E-state index in [1.54, 1.807) is 6.92 Å². The van der Waals surface area contributed by atoms with Crippen molar-refractivity contribution in [3.63, 3.8) is 0 Å². The molecule has 1 aliphatic carbocycles. The number of fused-ring (bicyclic) bond motifs is 1. The highest BCUT2D eigenvalue weighted by atomic mass is 32.2. The molecule has 0 bridgehead atoms. The van der Waals surface area contributed by atoms with Gasteiger partial charge in [-0.05, 0) is 61.9 Å². The predicted octanol–water partition coefficient (Wildman–Crippen LogP) is 2.69. The van der Waals surface area contributed by atoms with Crippen LogP contribution < -0.4 is 11.1 Å². The molecule has 0 spiro atoms. The number of rotatable bonds is 6. The Balaban J connectivity index is 1.45. The third kappa shape index (κ3) is 5.25. The van der Waals surface area contributed by atoms with E-state index in [4.69, 9.17) is 10.5 Å². The van der Waals surface area contributed by atoms with Crippen molar-refractivity contribution in [3.8, 4) is 0 Å². The molecular weight excluding hydrogens is 504 g/mol. The molecule has 194 valence electrons. The first-order valence-electron chi connectivity index (χ1n) is 11.9.